The van der Waals surface area contributed by atoms with E-state index in [0.29, 0.717) is 11.1 Å². The van der Waals surface area contributed by atoms with Crippen LogP contribution in [0, 0.1) is 20.2 Å². The Morgan fingerprint density at radius 2 is 1.16 bits per heavy atom. The van der Waals surface area contributed by atoms with Crippen LogP contribution in [0.3, 0.4) is 0 Å². The van der Waals surface area contributed by atoms with Gasteiger partial charge in [-0.15, -0.1) is 0 Å². The van der Waals surface area contributed by atoms with Gasteiger partial charge >= 0.3 is 17.3 Å². The molecule has 0 amide bonds. The molecule has 2 atom stereocenters. The summed E-state index contributed by atoms with van der Waals surface area (Å²) in [6.45, 7) is 8.08. The average Bonchev–Trinajstić information content (AvgIpc) is 3.02. The van der Waals surface area contributed by atoms with Crippen molar-refractivity contribution in [3.63, 3.8) is 0 Å². The number of unbranched alkanes of at least 4 members (excludes halogenated alkanes) is 6. The van der Waals surface area contributed by atoms with E-state index in [1.807, 2.05) is 13.8 Å². The van der Waals surface area contributed by atoms with E-state index in [9.17, 15) is 25.0 Å². The molecule has 0 radical (unpaired) electrons. The predicted octanol–water partition coefficient (Wildman–Crippen LogP) is 9.86. The molecule has 0 aliphatic heterocycles. The van der Waals surface area contributed by atoms with Gasteiger partial charge in [-0.3, -0.25) is 20.2 Å². The van der Waals surface area contributed by atoms with Crippen molar-refractivity contribution < 1.29 is 28.9 Å². The first kappa shape index (κ1) is 35.0. The number of nitro benzene ring substituents is 2. The van der Waals surface area contributed by atoms with Gasteiger partial charge in [-0.05, 0) is 81.0 Å². The summed E-state index contributed by atoms with van der Waals surface area (Å²) in [7, 11) is 0. The molecule has 10 nitrogen and oxygen atoms in total. The molecule has 0 saturated heterocycles. The van der Waals surface area contributed by atoms with Crippen LogP contribution in [-0.4, -0.2) is 28.0 Å². The molecule has 0 fully saturated rings. The van der Waals surface area contributed by atoms with E-state index in [1.165, 1.54) is 24.3 Å². The lowest BCUT2D eigenvalue weighted by atomic mass is 10.0. The number of carbonyl (C=O) groups is 1. The highest BCUT2D eigenvalue weighted by Gasteiger charge is 2.21. The van der Waals surface area contributed by atoms with E-state index in [1.54, 1.807) is 36.4 Å². The van der Waals surface area contributed by atoms with Gasteiger partial charge in [0.05, 0.1) is 33.7 Å². The van der Waals surface area contributed by atoms with Gasteiger partial charge in [0.1, 0.15) is 5.75 Å². The second kappa shape index (κ2) is 17.7. The molecule has 0 N–H and O–H groups in total. The summed E-state index contributed by atoms with van der Waals surface area (Å²) in [5.41, 5.74) is 1.06. The molecule has 3 aromatic rings. The standard InChI is InChI=1S/C35H44N2O8/c1-5-7-9-11-13-25(3)43-33-21-19-29(23-31(33)36(39)40)27-15-17-28(18-16-27)35(38)45-30-20-22-34(32(24-30)37(41)42)44-26(4)14-12-10-8-6-2/h15-26H,5-14H2,1-4H3/t25-,26-/m0/s1. The number of nitro groups is 2. The number of hydrogen-bond acceptors (Lipinski definition) is 8. The van der Waals surface area contributed by atoms with Gasteiger partial charge in [-0.25, -0.2) is 4.79 Å². The molecule has 0 heterocycles. The number of nitrogens with zero attached hydrogens (tertiary/aromatic N) is 2. The monoisotopic (exact) mass is 620 g/mol. The molecule has 242 valence electrons. The lowest BCUT2D eigenvalue weighted by Crippen LogP contribution is -2.13. The maximum Gasteiger partial charge on any atom is 0.343 e. The maximum atomic E-state index is 12.9. The Hall–Kier alpha value is -4.47. The van der Waals surface area contributed by atoms with E-state index in [4.69, 9.17) is 14.2 Å². The predicted molar refractivity (Wildman–Crippen MR) is 174 cm³/mol. The third-order valence-corrected chi connectivity index (χ3v) is 7.53. The van der Waals surface area contributed by atoms with Gasteiger partial charge in [0.15, 0.2) is 11.5 Å². The van der Waals surface area contributed by atoms with E-state index in [0.717, 1.165) is 64.2 Å². The van der Waals surface area contributed by atoms with Crippen LogP contribution in [0.4, 0.5) is 11.4 Å². The molecule has 3 rings (SSSR count). The fourth-order valence-corrected chi connectivity index (χ4v) is 4.98. The number of hydrogen-bond donors (Lipinski definition) is 0. The number of rotatable bonds is 19. The largest absolute Gasteiger partial charge is 0.484 e. The lowest BCUT2D eigenvalue weighted by Gasteiger charge is -2.15. The van der Waals surface area contributed by atoms with Crippen molar-refractivity contribution in [2.45, 2.75) is 104 Å². The summed E-state index contributed by atoms with van der Waals surface area (Å²) in [5.74, 6) is -0.334. The minimum absolute atomic E-state index is 0.0181. The van der Waals surface area contributed by atoms with Crippen LogP contribution >= 0.6 is 0 Å². The van der Waals surface area contributed by atoms with E-state index in [-0.39, 0.29) is 46.4 Å². The molecule has 0 bridgehead atoms. The third kappa shape index (κ3) is 10.9. The molecule has 0 aliphatic rings. The first-order chi connectivity index (χ1) is 21.6. The first-order valence-corrected chi connectivity index (χ1v) is 15.9. The van der Waals surface area contributed by atoms with E-state index < -0.39 is 15.8 Å². The Balaban J connectivity index is 1.67. The summed E-state index contributed by atoms with van der Waals surface area (Å²) in [4.78, 5) is 35.4. The Morgan fingerprint density at radius 1 is 0.667 bits per heavy atom. The Bertz CT molecular complexity index is 1420. The number of benzene rings is 3. The minimum Gasteiger partial charge on any atom is -0.484 e. The van der Waals surface area contributed by atoms with Crippen LogP contribution in [0.1, 0.15) is 102 Å². The highest BCUT2D eigenvalue weighted by atomic mass is 16.6. The van der Waals surface area contributed by atoms with Gasteiger partial charge in [-0.1, -0.05) is 70.6 Å². The second-order valence-corrected chi connectivity index (χ2v) is 11.3. The molecule has 0 aromatic heterocycles. The quantitative estimate of drug-likeness (QED) is 0.0425. The zero-order valence-corrected chi connectivity index (χ0v) is 26.7. The van der Waals surface area contributed by atoms with Crippen molar-refractivity contribution in [3.05, 3.63) is 86.5 Å². The normalized spacial score (nSPS) is 12.3. The molecule has 0 saturated carbocycles. The zero-order valence-electron chi connectivity index (χ0n) is 26.7. The van der Waals surface area contributed by atoms with Crippen molar-refractivity contribution in [2.24, 2.45) is 0 Å². The Morgan fingerprint density at radius 3 is 1.67 bits per heavy atom. The van der Waals surface area contributed by atoms with Crippen LogP contribution in [0.25, 0.3) is 11.1 Å². The van der Waals surface area contributed by atoms with Crippen LogP contribution in [0.5, 0.6) is 17.2 Å². The molecule has 0 spiro atoms. The molecule has 3 aromatic carbocycles. The van der Waals surface area contributed by atoms with E-state index in [2.05, 4.69) is 13.8 Å². The molecule has 0 aliphatic carbocycles. The Kier molecular flexibility index (Phi) is 13.8. The number of esters is 1. The van der Waals surface area contributed by atoms with Crippen LogP contribution in [0.2, 0.25) is 0 Å². The molecule has 10 heteroatoms. The number of ether oxygens (including phenoxy) is 3. The van der Waals surface area contributed by atoms with Crippen LogP contribution < -0.4 is 14.2 Å². The summed E-state index contributed by atoms with van der Waals surface area (Å²) in [6.07, 6.45) is 9.99. The van der Waals surface area contributed by atoms with Crippen LogP contribution in [-0.2, 0) is 0 Å². The zero-order chi connectivity index (χ0) is 32.8. The summed E-state index contributed by atoms with van der Waals surface area (Å²) < 4.78 is 17.2. The van der Waals surface area contributed by atoms with Gasteiger partial charge in [0, 0.05) is 6.07 Å². The number of carbonyl (C=O) groups excluding carboxylic acids is 1. The summed E-state index contributed by atoms with van der Waals surface area (Å²) in [5, 5.41) is 23.5. The van der Waals surface area contributed by atoms with Crippen molar-refractivity contribution in [2.75, 3.05) is 0 Å². The fourth-order valence-electron chi connectivity index (χ4n) is 4.98. The SMILES string of the molecule is CCCCCC[C@H](C)Oc1ccc(OC(=O)c2ccc(-c3ccc(O[C@@H](C)CCCCCC)c([N+](=O)[O-])c3)cc2)cc1[N+](=O)[O-]. The van der Waals surface area contributed by atoms with Crippen molar-refractivity contribution in [1.29, 1.82) is 0 Å². The van der Waals surface area contributed by atoms with Gasteiger partial charge < -0.3 is 14.2 Å². The van der Waals surface area contributed by atoms with Gasteiger partial charge in [0.2, 0.25) is 0 Å². The van der Waals surface area contributed by atoms with Crippen molar-refractivity contribution in [1.82, 2.24) is 0 Å². The van der Waals surface area contributed by atoms with Gasteiger partial charge in [-0.2, -0.15) is 0 Å². The molecule has 45 heavy (non-hydrogen) atoms. The van der Waals surface area contributed by atoms with Gasteiger partial charge in [0.25, 0.3) is 0 Å². The topological polar surface area (TPSA) is 131 Å². The minimum atomic E-state index is -0.698. The average molecular weight is 621 g/mol. The van der Waals surface area contributed by atoms with Crippen LogP contribution in [0.15, 0.2) is 60.7 Å². The van der Waals surface area contributed by atoms with E-state index >= 15 is 0 Å². The highest BCUT2D eigenvalue weighted by Crippen LogP contribution is 2.35. The fraction of sp³-hybridized carbons (Fsp3) is 0.457. The second-order valence-electron chi connectivity index (χ2n) is 11.3. The summed E-state index contributed by atoms with van der Waals surface area (Å²) in [6, 6.07) is 15.3. The third-order valence-electron chi connectivity index (χ3n) is 7.53. The highest BCUT2D eigenvalue weighted by molar-refractivity contribution is 5.91. The maximum absolute atomic E-state index is 12.9. The lowest BCUT2D eigenvalue weighted by molar-refractivity contribution is -0.386. The van der Waals surface area contributed by atoms with Crippen molar-refractivity contribution in [3.8, 4) is 28.4 Å². The van der Waals surface area contributed by atoms with Crippen molar-refractivity contribution >= 4 is 17.3 Å². The molecular formula is C35H44N2O8. The molecular weight excluding hydrogens is 576 g/mol. The first-order valence-electron chi connectivity index (χ1n) is 15.9. The smallest absolute Gasteiger partial charge is 0.343 e. The molecule has 0 unspecified atom stereocenters. The Labute approximate surface area is 265 Å². The summed E-state index contributed by atoms with van der Waals surface area (Å²) >= 11 is 0.